The topological polar surface area (TPSA) is 92.7 Å². The Balaban J connectivity index is 2.62. The third kappa shape index (κ3) is 5.12. The molecule has 1 aromatic carbocycles. The van der Waals surface area contributed by atoms with Crippen molar-refractivity contribution in [2.45, 2.75) is 11.8 Å². The van der Waals surface area contributed by atoms with Crippen LogP contribution >= 0.6 is 0 Å². The lowest BCUT2D eigenvalue weighted by molar-refractivity contribution is 0.0696. The number of nitrogens with one attached hydrogen (secondary N) is 1. The summed E-state index contributed by atoms with van der Waals surface area (Å²) in [5.41, 5.74) is 0.772. The molecule has 0 amide bonds. The molecule has 6 nitrogen and oxygen atoms in total. The first-order valence-corrected chi connectivity index (χ1v) is 7.36. The Morgan fingerprint density at radius 2 is 2.15 bits per heavy atom. The smallest absolute Gasteiger partial charge is 0.335 e. The molecule has 110 valence electrons. The van der Waals surface area contributed by atoms with Crippen molar-refractivity contribution in [3.05, 3.63) is 42.0 Å². The molecule has 20 heavy (non-hydrogen) atoms. The summed E-state index contributed by atoms with van der Waals surface area (Å²) < 4.78 is 31.4. The summed E-state index contributed by atoms with van der Waals surface area (Å²) in [5.74, 6) is -1.17. The SMILES string of the molecule is C=C(C)COCCNS(=O)(=O)c1cccc(C(=O)O)c1. The molecule has 0 unspecified atom stereocenters. The van der Waals surface area contributed by atoms with Crippen molar-refractivity contribution in [2.75, 3.05) is 19.8 Å². The van der Waals surface area contributed by atoms with Crippen LogP contribution in [0, 0.1) is 0 Å². The second-order valence-corrected chi connectivity index (χ2v) is 6.01. The quantitative estimate of drug-likeness (QED) is 0.557. The van der Waals surface area contributed by atoms with Gasteiger partial charge in [-0.05, 0) is 25.1 Å². The van der Waals surface area contributed by atoms with E-state index in [1.807, 2.05) is 6.92 Å². The van der Waals surface area contributed by atoms with Gasteiger partial charge in [0.1, 0.15) is 0 Å². The van der Waals surface area contributed by atoms with Crippen molar-refractivity contribution >= 4 is 16.0 Å². The molecule has 0 atom stereocenters. The van der Waals surface area contributed by atoms with Gasteiger partial charge in [0.15, 0.2) is 0 Å². The summed E-state index contributed by atoms with van der Waals surface area (Å²) in [6.45, 7) is 6.15. The van der Waals surface area contributed by atoms with E-state index < -0.39 is 16.0 Å². The number of hydrogen-bond donors (Lipinski definition) is 2. The fraction of sp³-hybridized carbons (Fsp3) is 0.308. The summed E-state index contributed by atoms with van der Waals surface area (Å²) >= 11 is 0. The van der Waals surface area contributed by atoms with Crippen molar-refractivity contribution in [1.82, 2.24) is 4.72 Å². The van der Waals surface area contributed by atoms with Crippen LogP contribution in [-0.4, -0.2) is 39.3 Å². The standard InChI is InChI=1S/C13H17NO5S/c1-10(2)9-19-7-6-14-20(17,18)12-5-3-4-11(8-12)13(15)16/h3-5,8,14H,1,6-7,9H2,2H3,(H,15,16). The van der Waals surface area contributed by atoms with E-state index in [1.54, 1.807) is 0 Å². The van der Waals surface area contributed by atoms with Crippen molar-refractivity contribution in [3.63, 3.8) is 0 Å². The first kappa shape index (κ1) is 16.4. The van der Waals surface area contributed by atoms with Crippen LogP contribution in [0.1, 0.15) is 17.3 Å². The minimum Gasteiger partial charge on any atom is -0.478 e. The molecule has 0 aliphatic heterocycles. The molecule has 0 aliphatic rings. The molecule has 0 bridgehead atoms. The van der Waals surface area contributed by atoms with Crippen molar-refractivity contribution in [3.8, 4) is 0 Å². The number of carbonyl (C=O) groups is 1. The van der Waals surface area contributed by atoms with E-state index in [0.717, 1.165) is 11.6 Å². The largest absolute Gasteiger partial charge is 0.478 e. The zero-order valence-electron chi connectivity index (χ0n) is 11.1. The molecule has 0 saturated heterocycles. The fourth-order valence-corrected chi connectivity index (χ4v) is 2.43. The van der Waals surface area contributed by atoms with Crippen LogP contribution in [0.2, 0.25) is 0 Å². The van der Waals surface area contributed by atoms with E-state index in [9.17, 15) is 13.2 Å². The molecule has 0 heterocycles. The Morgan fingerprint density at radius 1 is 1.45 bits per heavy atom. The minimum atomic E-state index is -3.73. The van der Waals surface area contributed by atoms with Crippen LogP contribution < -0.4 is 4.72 Å². The molecule has 0 saturated carbocycles. The Hall–Kier alpha value is -1.70. The normalized spacial score (nSPS) is 11.2. The van der Waals surface area contributed by atoms with Gasteiger partial charge in [0, 0.05) is 6.54 Å². The summed E-state index contributed by atoms with van der Waals surface area (Å²) in [4.78, 5) is 10.7. The molecule has 7 heteroatoms. The highest BCUT2D eigenvalue weighted by atomic mass is 32.2. The highest BCUT2D eigenvalue weighted by molar-refractivity contribution is 7.89. The van der Waals surface area contributed by atoms with Gasteiger partial charge in [0.25, 0.3) is 0 Å². The highest BCUT2D eigenvalue weighted by Crippen LogP contribution is 2.11. The number of carboxylic acids is 1. The average Bonchev–Trinajstić information content (AvgIpc) is 2.38. The van der Waals surface area contributed by atoms with Gasteiger partial charge in [-0.2, -0.15) is 0 Å². The number of aromatic carboxylic acids is 1. The molecule has 1 aromatic rings. The minimum absolute atomic E-state index is 0.0774. The van der Waals surface area contributed by atoms with Gasteiger partial charge in [0.2, 0.25) is 10.0 Å². The maximum atomic E-state index is 11.9. The van der Waals surface area contributed by atoms with Gasteiger partial charge in [-0.15, -0.1) is 0 Å². The van der Waals surface area contributed by atoms with E-state index in [2.05, 4.69) is 11.3 Å². The van der Waals surface area contributed by atoms with E-state index >= 15 is 0 Å². The van der Waals surface area contributed by atoms with Crippen LogP contribution in [0.4, 0.5) is 0 Å². The number of hydrogen-bond acceptors (Lipinski definition) is 4. The summed E-state index contributed by atoms with van der Waals surface area (Å²) in [6, 6.07) is 5.16. The van der Waals surface area contributed by atoms with Gasteiger partial charge >= 0.3 is 5.97 Å². The molecule has 0 spiro atoms. The number of benzene rings is 1. The Labute approximate surface area is 118 Å². The first-order valence-electron chi connectivity index (χ1n) is 5.88. The van der Waals surface area contributed by atoms with Gasteiger partial charge in [-0.3, -0.25) is 0 Å². The van der Waals surface area contributed by atoms with E-state index in [-0.39, 0.29) is 23.6 Å². The number of rotatable bonds is 8. The predicted molar refractivity (Wildman–Crippen MR) is 74.2 cm³/mol. The maximum Gasteiger partial charge on any atom is 0.335 e. The predicted octanol–water partition coefficient (Wildman–Crippen LogP) is 1.26. The summed E-state index contributed by atoms with van der Waals surface area (Å²) in [5, 5.41) is 8.83. The van der Waals surface area contributed by atoms with Gasteiger partial charge in [0.05, 0.1) is 23.7 Å². The lowest BCUT2D eigenvalue weighted by atomic mass is 10.2. The van der Waals surface area contributed by atoms with E-state index in [0.29, 0.717) is 6.61 Å². The lowest BCUT2D eigenvalue weighted by Gasteiger charge is -2.08. The van der Waals surface area contributed by atoms with Crippen LogP contribution in [0.15, 0.2) is 41.3 Å². The lowest BCUT2D eigenvalue weighted by Crippen LogP contribution is -2.27. The monoisotopic (exact) mass is 299 g/mol. The van der Waals surface area contributed by atoms with Gasteiger partial charge in [-0.1, -0.05) is 18.2 Å². The molecule has 0 aromatic heterocycles. The van der Waals surface area contributed by atoms with Crippen LogP contribution in [0.3, 0.4) is 0 Å². The van der Waals surface area contributed by atoms with Crippen LogP contribution in [0.5, 0.6) is 0 Å². The zero-order chi connectivity index (χ0) is 15.2. The second kappa shape index (κ2) is 7.18. The number of sulfonamides is 1. The van der Waals surface area contributed by atoms with E-state index in [4.69, 9.17) is 9.84 Å². The summed E-state index contributed by atoms with van der Waals surface area (Å²) in [6.07, 6.45) is 0. The fourth-order valence-electron chi connectivity index (χ4n) is 1.37. The van der Waals surface area contributed by atoms with Crippen molar-refractivity contribution in [2.24, 2.45) is 0 Å². The maximum absolute atomic E-state index is 11.9. The first-order chi connectivity index (χ1) is 9.33. The number of ether oxygens (including phenoxy) is 1. The molecular weight excluding hydrogens is 282 g/mol. The molecule has 0 aliphatic carbocycles. The zero-order valence-corrected chi connectivity index (χ0v) is 11.9. The highest BCUT2D eigenvalue weighted by Gasteiger charge is 2.15. The Bertz CT molecular complexity index is 595. The van der Waals surface area contributed by atoms with Crippen LogP contribution in [0.25, 0.3) is 0 Å². The van der Waals surface area contributed by atoms with Crippen molar-refractivity contribution in [1.29, 1.82) is 0 Å². The molecule has 0 radical (unpaired) electrons. The summed E-state index contributed by atoms with van der Waals surface area (Å²) in [7, 11) is -3.73. The number of carboxylic acid groups (broad SMARTS) is 1. The van der Waals surface area contributed by atoms with Crippen molar-refractivity contribution < 1.29 is 23.1 Å². The average molecular weight is 299 g/mol. The Kier molecular flexibility index (Phi) is 5.87. The third-order valence-electron chi connectivity index (χ3n) is 2.28. The second-order valence-electron chi connectivity index (χ2n) is 4.24. The van der Waals surface area contributed by atoms with Gasteiger partial charge in [-0.25, -0.2) is 17.9 Å². The van der Waals surface area contributed by atoms with Gasteiger partial charge < -0.3 is 9.84 Å². The molecule has 0 fully saturated rings. The third-order valence-corrected chi connectivity index (χ3v) is 3.74. The van der Waals surface area contributed by atoms with E-state index in [1.165, 1.54) is 18.2 Å². The molecular formula is C13H17NO5S. The molecule has 2 N–H and O–H groups in total. The van der Waals surface area contributed by atoms with Crippen LogP contribution in [-0.2, 0) is 14.8 Å². The molecule has 1 rings (SSSR count). The Morgan fingerprint density at radius 3 is 2.75 bits per heavy atom.